The van der Waals surface area contributed by atoms with Crippen molar-refractivity contribution in [2.45, 2.75) is 52.2 Å². The van der Waals surface area contributed by atoms with Crippen LogP contribution < -0.4 is 16.0 Å². The highest BCUT2D eigenvalue weighted by molar-refractivity contribution is 5.95. The third-order valence-corrected chi connectivity index (χ3v) is 3.10. The van der Waals surface area contributed by atoms with Gasteiger partial charge in [0.2, 0.25) is 17.7 Å². The molecule has 0 saturated carbocycles. The highest BCUT2D eigenvalue weighted by atomic mass is 16.4. The van der Waals surface area contributed by atoms with E-state index in [4.69, 9.17) is 10.2 Å². The molecule has 0 aliphatic carbocycles. The fourth-order valence-corrected chi connectivity index (χ4v) is 1.73. The van der Waals surface area contributed by atoms with Crippen molar-refractivity contribution in [3.63, 3.8) is 0 Å². The molecule has 0 bridgehead atoms. The van der Waals surface area contributed by atoms with Crippen LogP contribution in [0.2, 0.25) is 0 Å². The van der Waals surface area contributed by atoms with E-state index in [-0.39, 0.29) is 5.92 Å². The number of amides is 3. The lowest BCUT2D eigenvalue weighted by Gasteiger charge is -2.29. The van der Waals surface area contributed by atoms with Gasteiger partial charge in [0.05, 0.1) is 6.61 Å². The van der Waals surface area contributed by atoms with Gasteiger partial charge in [-0.1, -0.05) is 13.8 Å². The molecule has 2 atom stereocenters. The molecular weight excluding hydrogens is 306 g/mol. The summed E-state index contributed by atoms with van der Waals surface area (Å²) in [7, 11) is 0. The zero-order valence-corrected chi connectivity index (χ0v) is 14.0. The molecule has 0 rings (SSSR count). The molecule has 0 aliphatic heterocycles. The average Bonchev–Trinajstić information content (AvgIpc) is 2.39. The van der Waals surface area contributed by atoms with Crippen molar-refractivity contribution in [1.82, 2.24) is 16.0 Å². The summed E-state index contributed by atoms with van der Waals surface area (Å²) < 4.78 is 0. The third-order valence-electron chi connectivity index (χ3n) is 3.10. The summed E-state index contributed by atoms with van der Waals surface area (Å²) in [6.07, 6.45) is 0. The first-order valence-electron chi connectivity index (χ1n) is 7.16. The Balaban J connectivity index is 4.96. The standard InChI is InChI=1S/C14H25N3O6/c1-7(2)10(12(21)22)16-13(23)14(4,5)17-11(20)9(6-18)15-8(3)19/h7,9-10,18H,6H2,1-5H3,(H,15,19)(H,16,23)(H,17,20)(H,21,22)/t9-,10-/m0/s1. The number of nitrogens with one attached hydrogen (secondary N) is 3. The number of carbonyl (C=O) groups excluding carboxylic acids is 3. The molecule has 0 aromatic carbocycles. The molecule has 0 spiro atoms. The summed E-state index contributed by atoms with van der Waals surface area (Å²) in [5, 5.41) is 25.2. The van der Waals surface area contributed by atoms with E-state index in [9.17, 15) is 19.2 Å². The van der Waals surface area contributed by atoms with E-state index in [1.54, 1.807) is 13.8 Å². The van der Waals surface area contributed by atoms with Crippen molar-refractivity contribution < 1.29 is 29.4 Å². The Morgan fingerprint density at radius 3 is 1.96 bits per heavy atom. The van der Waals surface area contributed by atoms with Gasteiger partial charge in [-0.3, -0.25) is 14.4 Å². The Bertz CT molecular complexity index is 475. The largest absolute Gasteiger partial charge is 0.480 e. The summed E-state index contributed by atoms with van der Waals surface area (Å²) >= 11 is 0. The van der Waals surface area contributed by atoms with Crippen LogP contribution in [-0.4, -0.2) is 58.1 Å². The maximum Gasteiger partial charge on any atom is 0.326 e. The smallest absolute Gasteiger partial charge is 0.326 e. The lowest BCUT2D eigenvalue weighted by molar-refractivity contribution is -0.144. The number of hydrogen-bond donors (Lipinski definition) is 5. The maximum atomic E-state index is 12.2. The lowest BCUT2D eigenvalue weighted by atomic mass is 9.99. The normalized spacial score (nSPS) is 13.9. The van der Waals surface area contributed by atoms with Gasteiger partial charge in [0.1, 0.15) is 17.6 Å². The van der Waals surface area contributed by atoms with Crippen LogP contribution in [0, 0.1) is 5.92 Å². The molecule has 0 aliphatic rings. The van der Waals surface area contributed by atoms with Crippen molar-refractivity contribution in [2.24, 2.45) is 5.92 Å². The molecule has 9 nitrogen and oxygen atoms in total. The highest BCUT2D eigenvalue weighted by Gasteiger charge is 2.35. The fourth-order valence-electron chi connectivity index (χ4n) is 1.73. The first-order chi connectivity index (χ1) is 10.4. The van der Waals surface area contributed by atoms with Crippen molar-refractivity contribution in [3.8, 4) is 0 Å². The number of carboxylic acid groups (broad SMARTS) is 1. The van der Waals surface area contributed by atoms with Crippen molar-refractivity contribution in [1.29, 1.82) is 0 Å². The molecule has 0 aromatic rings. The molecule has 0 heterocycles. The molecule has 0 fully saturated rings. The van der Waals surface area contributed by atoms with Gasteiger partial charge in [0.15, 0.2) is 0 Å². The van der Waals surface area contributed by atoms with Gasteiger partial charge in [-0.15, -0.1) is 0 Å². The first-order valence-corrected chi connectivity index (χ1v) is 7.16. The number of carbonyl (C=O) groups is 4. The molecule has 0 radical (unpaired) electrons. The molecule has 5 N–H and O–H groups in total. The Hall–Kier alpha value is -2.16. The number of aliphatic hydroxyl groups excluding tert-OH is 1. The van der Waals surface area contributed by atoms with Crippen LogP contribution in [0.25, 0.3) is 0 Å². The Morgan fingerprint density at radius 2 is 1.61 bits per heavy atom. The van der Waals surface area contributed by atoms with E-state index >= 15 is 0 Å². The van der Waals surface area contributed by atoms with Gasteiger partial charge in [0, 0.05) is 6.92 Å². The van der Waals surface area contributed by atoms with Gasteiger partial charge in [-0.05, 0) is 19.8 Å². The van der Waals surface area contributed by atoms with Gasteiger partial charge in [-0.2, -0.15) is 0 Å². The van der Waals surface area contributed by atoms with Gasteiger partial charge in [0.25, 0.3) is 0 Å². The van der Waals surface area contributed by atoms with Crippen molar-refractivity contribution >= 4 is 23.7 Å². The van der Waals surface area contributed by atoms with E-state index in [0.29, 0.717) is 0 Å². The van der Waals surface area contributed by atoms with E-state index in [0.717, 1.165) is 0 Å². The number of carboxylic acids is 1. The Morgan fingerprint density at radius 1 is 1.09 bits per heavy atom. The number of aliphatic carboxylic acids is 1. The molecule has 0 unspecified atom stereocenters. The number of rotatable bonds is 8. The summed E-state index contributed by atoms with van der Waals surface area (Å²) in [4.78, 5) is 46.3. The maximum absolute atomic E-state index is 12.2. The summed E-state index contributed by atoms with van der Waals surface area (Å²) in [6.45, 7) is 6.62. The molecule has 0 saturated heterocycles. The topological polar surface area (TPSA) is 145 Å². The minimum absolute atomic E-state index is 0.340. The molecule has 0 aromatic heterocycles. The van der Waals surface area contributed by atoms with Gasteiger partial charge in [-0.25, -0.2) is 4.79 Å². The second kappa shape index (κ2) is 8.47. The molecular formula is C14H25N3O6. The van der Waals surface area contributed by atoms with Crippen LogP contribution >= 0.6 is 0 Å². The van der Waals surface area contributed by atoms with Crippen LogP contribution in [0.3, 0.4) is 0 Å². The van der Waals surface area contributed by atoms with Crippen molar-refractivity contribution in [2.75, 3.05) is 6.61 Å². The van der Waals surface area contributed by atoms with Crippen LogP contribution in [-0.2, 0) is 19.2 Å². The number of hydrogen-bond acceptors (Lipinski definition) is 5. The zero-order chi connectivity index (χ0) is 18.4. The van der Waals surface area contributed by atoms with Gasteiger partial charge < -0.3 is 26.2 Å². The zero-order valence-electron chi connectivity index (χ0n) is 14.0. The summed E-state index contributed by atoms with van der Waals surface area (Å²) in [5.41, 5.74) is -1.43. The van der Waals surface area contributed by atoms with Crippen LogP contribution in [0.1, 0.15) is 34.6 Å². The third kappa shape index (κ3) is 6.64. The minimum Gasteiger partial charge on any atom is -0.480 e. The van der Waals surface area contributed by atoms with E-state index < -0.39 is 47.9 Å². The van der Waals surface area contributed by atoms with E-state index in [1.807, 2.05) is 0 Å². The second-order valence-corrected chi connectivity index (χ2v) is 6.08. The van der Waals surface area contributed by atoms with E-state index in [2.05, 4.69) is 16.0 Å². The lowest BCUT2D eigenvalue weighted by Crippen LogP contribution is -2.62. The van der Waals surface area contributed by atoms with Gasteiger partial charge >= 0.3 is 5.97 Å². The molecule has 9 heteroatoms. The van der Waals surface area contributed by atoms with Crippen LogP contribution in [0.5, 0.6) is 0 Å². The van der Waals surface area contributed by atoms with Crippen LogP contribution in [0.15, 0.2) is 0 Å². The van der Waals surface area contributed by atoms with E-state index in [1.165, 1.54) is 20.8 Å². The monoisotopic (exact) mass is 331 g/mol. The highest BCUT2D eigenvalue weighted by Crippen LogP contribution is 2.08. The number of aliphatic hydroxyl groups is 1. The fraction of sp³-hybridized carbons (Fsp3) is 0.714. The Labute approximate surface area is 134 Å². The molecule has 23 heavy (non-hydrogen) atoms. The first kappa shape index (κ1) is 20.8. The summed E-state index contributed by atoms with van der Waals surface area (Å²) in [5.74, 6) is -3.47. The second-order valence-electron chi connectivity index (χ2n) is 6.08. The predicted molar refractivity (Wildman–Crippen MR) is 81.3 cm³/mol. The SMILES string of the molecule is CC(=O)N[C@@H](CO)C(=O)NC(C)(C)C(=O)N[C@H](C(=O)O)C(C)C. The minimum atomic E-state index is -1.43. The molecule has 3 amide bonds. The summed E-state index contributed by atoms with van der Waals surface area (Å²) in [6, 6.07) is -2.29. The molecule has 132 valence electrons. The van der Waals surface area contributed by atoms with Crippen LogP contribution in [0.4, 0.5) is 0 Å². The Kier molecular flexibility index (Phi) is 7.67. The quantitative estimate of drug-likeness (QED) is 0.370. The van der Waals surface area contributed by atoms with Crippen molar-refractivity contribution in [3.05, 3.63) is 0 Å². The average molecular weight is 331 g/mol. The predicted octanol–water partition coefficient (Wildman–Crippen LogP) is -1.40.